The van der Waals surface area contributed by atoms with E-state index in [-0.39, 0.29) is 44.4 Å². The molecule has 1 aliphatic heterocycles. The van der Waals surface area contributed by atoms with Crippen molar-refractivity contribution in [1.29, 1.82) is 0 Å². The molecular weight excluding hydrogens is 719 g/mol. The fourth-order valence-electron chi connectivity index (χ4n) is 5.78. The number of fused-ring (bicyclic) bond motifs is 2. The topological polar surface area (TPSA) is 93.6 Å². The molecule has 2 amide bonds. The first-order chi connectivity index (χ1) is 21.0. The van der Waals surface area contributed by atoms with E-state index in [9.17, 15) is 23.6 Å². The van der Waals surface area contributed by atoms with Crippen molar-refractivity contribution in [1.82, 2.24) is 4.98 Å². The summed E-state index contributed by atoms with van der Waals surface area (Å²) in [7, 11) is 0. The number of esters is 1. The molecule has 4 atom stereocenters. The number of halogens is 4. The summed E-state index contributed by atoms with van der Waals surface area (Å²) >= 11 is 13.6. The van der Waals surface area contributed by atoms with Crippen LogP contribution in [0.25, 0.3) is 22.2 Å². The number of nitrogens with zero attached hydrogens (tertiary/aromatic N) is 2. The van der Waals surface area contributed by atoms with Crippen LogP contribution < -0.4 is 4.90 Å². The van der Waals surface area contributed by atoms with Crippen LogP contribution >= 0.6 is 43.5 Å². The average molecular weight is 743 g/mol. The number of rotatable bonds is 6. The number of alkyl halides is 2. The van der Waals surface area contributed by atoms with Gasteiger partial charge in [-0.3, -0.25) is 19.3 Å². The molecule has 2 heterocycles. The van der Waals surface area contributed by atoms with Gasteiger partial charge in [0.05, 0.1) is 34.3 Å². The highest BCUT2D eigenvalue weighted by Gasteiger charge is 2.52. The Hall–Kier alpha value is -3.47. The lowest BCUT2D eigenvalue weighted by Gasteiger charge is -2.29. The van der Waals surface area contributed by atoms with Crippen LogP contribution in [-0.4, -0.2) is 44.8 Å². The van der Waals surface area contributed by atoms with E-state index in [0.717, 1.165) is 12.1 Å². The Morgan fingerprint density at radius 3 is 2.18 bits per heavy atom. The van der Waals surface area contributed by atoms with Crippen molar-refractivity contribution < 1.29 is 28.3 Å². The number of hydrogen-bond acceptors (Lipinski definition) is 6. The Balaban J connectivity index is 1.30. The van der Waals surface area contributed by atoms with Crippen LogP contribution in [0.3, 0.4) is 0 Å². The highest BCUT2D eigenvalue weighted by molar-refractivity contribution is 9.12. The van der Waals surface area contributed by atoms with Gasteiger partial charge in [0.1, 0.15) is 5.82 Å². The Morgan fingerprint density at radius 1 is 0.955 bits per heavy atom. The minimum atomic E-state index is -0.737. The molecule has 1 saturated heterocycles. The van der Waals surface area contributed by atoms with Gasteiger partial charge in [0.15, 0.2) is 12.4 Å². The molecule has 6 rings (SSSR count). The zero-order chi connectivity index (χ0) is 31.3. The standard InChI is InChI=1S/C33H24Br2ClFN2O5/c1-16-27(36)11-10-21-24(33(43)44-15-29(40)18-2-6-19(37)7-3-18)14-28(38-30(16)21)17-4-8-20(9-5-17)39-31(41)22-12-25(34)26(35)13-23(22)32(39)42/h2-11,14,22-23,25-26H,12-13,15H2,1H3. The minimum Gasteiger partial charge on any atom is -0.454 e. The first kappa shape index (κ1) is 30.6. The fraction of sp³-hybridized carbons (Fsp3) is 0.242. The third-order valence-electron chi connectivity index (χ3n) is 8.22. The molecule has 0 bridgehead atoms. The molecule has 7 nitrogen and oxygen atoms in total. The van der Waals surface area contributed by atoms with Gasteiger partial charge in [-0.15, -0.1) is 0 Å². The molecule has 224 valence electrons. The van der Waals surface area contributed by atoms with Crippen LogP contribution in [0, 0.1) is 24.6 Å². The van der Waals surface area contributed by atoms with E-state index in [2.05, 4.69) is 31.9 Å². The normalized spacial score (nSPS) is 21.4. The Labute approximate surface area is 274 Å². The Morgan fingerprint density at radius 2 is 1.57 bits per heavy atom. The summed E-state index contributed by atoms with van der Waals surface area (Å²) in [6.45, 7) is 1.26. The summed E-state index contributed by atoms with van der Waals surface area (Å²) in [5, 5.41) is 0.963. The number of Topliss-reactive ketones (excluding diaryl/α,β-unsaturated/α-hetero) is 1. The van der Waals surface area contributed by atoms with E-state index in [1.807, 2.05) is 0 Å². The van der Waals surface area contributed by atoms with Crippen LogP contribution in [0.15, 0.2) is 66.7 Å². The molecule has 1 saturated carbocycles. The van der Waals surface area contributed by atoms with Crippen LogP contribution in [0.5, 0.6) is 0 Å². The van der Waals surface area contributed by atoms with E-state index < -0.39 is 24.2 Å². The maximum atomic E-state index is 13.3. The molecule has 4 unspecified atom stereocenters. The number of carbonyl (C=O) groups excluding carboxylic acids is 4. The summed E-state index contributed by atoms with van der Waals surface area (Å²) in [5.74, 6) is -2.82. The second-order valence-corrected chi connectivity index (χ2v) is 13.7. The van der Waals surface area contributed by atoms with Crippen molar-refractivity contribution >= 4 is 83.6 Å². The molecule has 1 aliphatic carbocycles. The molecular formula is C33H24Br2ClFN2O5. The van der Waals surface area contributed by atoms with Crippen LogP contribution in [0.1, 0.15) is 39.1 Å². The maximum Gasteiger partial charge on any atom is 0.339 e. The highest BCUT2D eigenvalue weighted by Crippen LogP contribution is 2.44. The zero-order valence-corrected chi connectivity index (χ0v) is 27.2. The van der Waals surface area contributed by atoms with Gasteiger partial charge >= 0.3 is 5.97 Å². The summed E-state index contributed by atoms with van der Waals surface area (Å²) in [5.41, 5.74) is 3.07. The fourth-order valence-corrected chi connectivity index (χ4v) is 7.17. The largest absolute Gasteiger partial charge is 0.454 e. The van der Waals surface area contributed by atoms with Gasteiger partial charge in [0.25, 0.3) is 0 Å². The molecule has 2 aliphatic rings. The number of pyridine rings is 1. The summed E-state index contributed by atoms with van der Waals surface area (Å²) < 4.78 is 18.6. The van der Waals surface area contributed by atoms with Crippen molar-refractivity contribution in [3.63, 3.8) is 0 Å². The van der Waals surface area contributed by atoms with Crippen LogP contribution in [0.2, 0.25) is 5.02 Å². The molecule has 44 heavy (non-hydrogen) atoms. The lowest BCUT2D eigenvalue weighted by atomic mass is 9.81. The zero-order valence-electron chi connectivity index (χ0n) is 23.2. The van der Waals surface area contributed by atoms with E-state index in [1.165, 1.54) is 17.0 Å². The predicted molar refractivity (Wildman–Crippen MR) is 172 cm³/mol. The number of hydrogen-bond donors (Lipinski definition) is 0. The van der Waals surface area contributed by atoms with Gasteiger partial charge in [0, 0.05) is 31.2 Å². The lowest BCUT2D eigenvalue weighted by molar-refractivity contribution is -0.122. The number of amides is 2. The molecule has 0 radical (unpaired) electrons. The van der Waals surface area contributed by atoms with Gasteiger partial charge in [-0.2, -0.15) is 0 Å². The van der Waals surface area contributed by atoms with Gasteiger partial charge in [-0.05, 0) is 73.9 Å². The number of aromatic nitrogens is 1. The number of imide groups is 1. The van der Waals surface area contributed by atoms with Crippen LogP contribution in [-0.2, 0) is 14.3 Å². The second-order valence-electron chi connectivity index (χ2n) is 10.9. The van der Waals surface area contributed by atoms with Crippen molar-refractivity contribution in [2.75, 3.05) is 11.5 Å². The first-order valence-corrected chi connectivity index (χ1v) is 16.1. The number of ketones is 1. The maximum absolute atomic E-state index is 13.3. The minimum absolute atomic E-state index is 0.112. The average Bonchev–Trinajstić information content (AvgIpc) is 3.25. The molecule has 11 heteroatoms. The number of benzene rings is 3. The van der Waals surface area contributed by atoms with Gasteiger partial charge < -0.3 is 4.74 Å². The van der Waals surface area contributed by atoms with E-state index in [0.29, 0.717) is 51.3 Å². The number of aryl methyl sites for hydroxylation is 1. The number of anilines is 1. The third kappa shape index (κ3) is 5.59. The van der Waals surface area contributed by atoms with E-state index in [4.69, 9.17) is 21.3 Å². The summed E-state index contributed by atoms with van der Waals surface area (Å²) in [4.78, 5) is 58.7. The van der Waals surface area contributed by atoms with Crippen LogP contribution in [0.4, 0.5) is 10.1 Å². The molecule has 0 N–H and O–H groups in total. The lowest BCUT2D eigenvalue weighted by Crippen LogP contribution is -2.34. The Bertz CT molecular complexity index is 1810. The van der Waals surface area contributed by atoms with Crippen molar-refractivity contribution in [3.8, 4) is 11.3 Å². The molecule has 4 aromatic rings. The van der Waals surface area contributed by atoms with Gasteiger partial charge in [-0.1, -0.05) is 61.7 Å². The quantitative estimate of drug-likeness (QED) is 0.0882. The smallest absolute Gasteiger partial charge is 0.339 e. The molecule has 2 fully saturated rings. The molecule has 3 aromatic carbocycles. The monoisotopic (exact) mass is 740 g/mol. The highest BCUT2D eigenvalue weighted by atomic mass is 79.9. The molecule has 0 spiro atoms. The second kappa shape index (κ2) is 12.1. The van der Waals surface area contributed by atoms with Crippen molar-refractivity contribution in [2.24, 2.45) is 11.8 Å². The Kier molecular flexibility index (Phi) is 8.43. The SMILES string of the molecule is Cc1c(Cl)ccc2c(C(=O)OCC(=O)c3ccc(F)cc3)cc(-c3ccc(N4C(=O)C5CC(Br)C(Br)CC5C4=O)cc3)nc12. The van der Waals surface area contributed by atoms with Gasteiger partial charge in [-0.25, -0.2) is 14.2 Å². The van der Waals surface area contributed by atoms with E-state index >= 15 is 0 Å². The molecule has 1 aromatic heterocycles. The number of ether oxygens (including phenoxy) is 1. The first-order valence-electron chi connectivity index (χ1n) is 13.9. The van der Waals surface area contributed by atoms with Crippen molar-refractivity contribution in [2.45, 2.75) is 29.4 Å². The van der Waals surface area contributed by atoms with Crippen molar-refractivity contribution in [3.05, 3.63) is 94.3 Å². The number of carbonyl (C=O) groups is 4. The third-order valence-corrected chi connectivity index (χ3v) is 11.4. The summed E-state index contributed by atoms with van der Waals surface area (Å²) in [6, 6.07) is 16.7. The van der Waals surface area contributed by atoms with E-state index in [1.54, 1.807) is 49.4 Å². The van der Waals surface area contributed by atoms with Gasteiger partial charge in [0.2, 0.25) is 11.8 Å². The predicted octanol–water partition coefficient (Wildman–Crippen LogP) is 7.47. The summed E-state index contributed by atoms with van der Waals surface area (Å²) in [6.07, 6.45) is 1.16.